The minimum absolute atomic E-state index is 0.310. The van der Waals surface area contributed by atoms with Crippen molar-refractivity contribution in [2.24, 2.45) is 5.92 Å². The first-order valence-electron chi connectivity index (χ1n) is 5.43. The first-order chi connectivity index (χ1) is 7.15. The average Bonchev–Trinajstić information content (AvgIpc) is 2.97. The molecular weight excluding hydrogens is 210 g/mol. The number of halogens is 1. The molecule has 0 radical (unpaired) electrons. The van der Waals surface area contributed by atoms with E-state index in [1.54, 1.807) is 6.07 Å². The molecule has 0 spiro atoms. The van der Waals surface area contributed by atoms with E-state index >= 15 is 0 Å². The molecule has 0 aromatic carbocycles. The van der Waals surface area contributed by atoms with Crippen LogP contribution in [0.2, 0.25) is 5.15 Å². The number of aromatic nitrogens is 2. The van der Waals surface area contributed by atoms with Gasteiger partial charge in [0.2, 0.25) is 0 Å². The van der Waals surface area contributed by atoms with Crippen molar-refractivity contribution in [3.63, 3.8) is 0 Å². The normalized spacial score (nSPS) is 15.7. The van der Waals surface area contributed by atoms with Gasteiger partial charge in [-0.1, -0.05) is 25.4 Å². The van der Waals surface area contributed by atoms with Gasteiger partial charge >= 0.3 is 0 Å². The predicted octanol–water partition coefficient (Wildman–Crippen LogP) is 3.08. The van der Waals surface area contributed by atoms with Gasteiger partial charge in [0.25, 0.3) is 0 Å². The number of hydrogen-bond acceptors (Lipinski definition) is 3. The van der Waals surface area contributed by atoms with E-state index in [9.17, 15) is 0 Å². The van der Waals surface area contributed by atoms with E-state index in [-0.39, 0.29) is 0 Å². The fourth-order valence-electron chi connectivity index (χ4n) is 1.35. The van der Waals surface area contributed by atoms with Crippen molar-refractivity contribution >= 4 is 17.4 Å². The van der Waals surface area contributed by atoms with Gasteiger partial charge in [0, 0.05) is 18.5 Å². The molecule has 2 rings (SSSR count). The Hall–Kier alpha value is -0.830. The van der Waals surface area contributed by atoms with Gasteiger partial charge in [-0.05, 0) is 18.8 Å². The number of nitrogens with one attached hydrogen (secondary N) is 1. The Morgan fingerprint density at radius 1 is 1.47 bits per heavy atom. The Bertz CT molecular complexity index is 348. The lowest BCUT2D eigenvalue weighted by molar-refractivity contribution is 0.771. The van der Waals surface area contributed by atoms with Crippen molar-refractivity contribution in [3.8, 4) is 0 Å². The lowest BCUT2D eigenvalue weighted by Gasteiger charge is -2.08. The molecule has 1 heterocycles. The predicted molar refractivity (Wildman–Crippen MR) is 62.3 cm³/mol. The summed E-state index contributed by atoms with van der Waals surface area (Å²) in [5, 5.41) is 3.83. The second-order valence-electron chi connectivity index (χ2n) is 4.41. The molecule has 1 fully saturated rings. The molecule has 0 saturated heterocycles. The topological polar surface area (TPSA) is 37.8 Å². The van der Waals surface area contributed by atoms with Crippen LogP contribution in [0, 0.1) is 5.92 Å². The summed E-state index contributed by atoms with van der Waals surface area (Å²) in [6, 6.07) is 1.79. The maximum atomic E-state index is 5.93. The molecule has 0 aliphatic heterocycles. The van der Waals surface area contributed by atoms with Crippen LogP contribution in [0.5, 0.6) is 0 Å². The van der Waals surface area contributed by atoms with Gasteiger partial charge in [-0.3, -0.25) is 0 Å². The highest BCUT2D eigenvalue weighted by Gasteiger charge is 2.20. The van der Waals surface area contributed by atoms with Crippen molar-refractivity contribution in [1.29, 1.82) is 0 Å². The summed E-state index contributed by atoms with van der Waals surface area (Å²) in [5.74, 6) is 2.80. The van der Waals surface area contributed by atoms with Gasteiger partial charge in [0.05, 0.1) is 0 Å². The molecular formula is C11H16ClN3. The third-order valence-corrected chi connectivity index (χ3v) is 2.69. The molecule has 4 heteroatoms. The first kappa shape index (κ1) is 10.7. The second-order valence-corrected chi connectivity index (χ2v) is 4.80. The maximum absolute atomic E-state index is 5.93. The van der Waals surface area contributed by atoms with Crippen molar-refractivity contribution in [3.05, 3.63) is 17.0 Å². The zero-order valence-corrected chi connectivity index (χ0v) is 9.88. The summed E-state index contributed by atoms with van der Waals surface area (Å²) in [6.07, 6.45) is 2.67. The van der Waals surface area contributed by atoms with Gasteiger partial charge < -0.3 is 5.32 Å². The summed E-state index contributed by atoms with van der Waals surface area (Å²) in [4.78, 5) is 8.62. The molecule has 1 aliphatic carbocycles. The van der Waals surface area contributed by atoms with Crippen LogP contribution in [-0.2, 0) is 0 Å². The largest absolute Gasteiger partial charge is 0.370 e. The zero-order valence-electron chi connectivity index (χ0n) is 9.13. The highest BCUT2D eigenvalue weighted by molar-refractivity contribution is 6.29. The van der Waals surface area contributed by atoms with E-state index < -0.39 is 0 Å². The van der Waals surface area contributed by atoms with Crippen molar-refractivity contribution < 1.29 is 0 Å². The zero-order chi connectivity index (χ0) is 10.8. The van der Waals surface area contributed by atoms with E-state index in [1.807, 2.05) is 0 Å². The summed E-state index contributed by atoms with van der Waals surface area (Å²) >= 11 is 5.93. The van der Waals surface area contributed by atoms with Gasteiger partial charge in [-0.15, -0.1) is 0 Å². The summed E-state index contributed by atoms with van der Waals surface area (Å²) in [7, 11) is 0. The van der Waals surface area contributed by atoms with Crippen LogP contribution >= 0.6 is 11.6 Å². The molecule has 15 heavy (non-hydrogen) atoms. The lowest BCUT2D eigenvalue weighted by Crippen LogP contribution is -2.08. The third-order valence-electron chi connectivity index (χ3n) is 2.50. The van der Waals surface area contributed by atoms with Crippen LogP contribution in [0.25, 0.3) is 0 Å². The fourth-order valence-corrected chi connectivity index (χ4v) is 1.54. The molecule has 1 N–H and O–H groups in total. The standard InChI is InChI=1S/C11H16ClN3/c1-7(2)11-14-9(12)5-10(15-11)13-6-8-3-4-8/h5,7-8H,3-4,6H2,1-2H3,(H,13,14,15). The van der Waals surface area contributed by atoms with Gasteiger partial charge in [-0.2, -0.15) is 0 Å². The number of anilines is 1. The molecule has 1 saturated carbocycles. The second kappa shape index (κ2) is 4.35. The quantitative estimate of drug-likeness (QED) is 0.801. The van der Waals surface area contributed by atoms with Crippen LogP contribution in [-0.4, -0.2) is 16.5 Å². The Labute approximate surface area is 95.3 Å². The highest BCUT2D eigenvalue weighted by Crippen LogP contribution is 2.29. The third kappa shape index (κ3) is 3.06. The Morgan fingerprint density at radius 3 is 2.80 bits per heavy atom. The van der Waals surface area contributed by atoms with Crippen LogP contribution in [0.3, 0.4) is 0 Å². The van der Waals surface area contributed by atoms with Crippen LogP contribution < -0.4 is 5.32 Å². The van der Waals surface area contributed by atoms with E-state index in [4.69, 9.17) is 11.6 Å². The van der Waals surface area contributed by atoms with E-state index in [2.05, 4.69) is 29.1 Å². The van der Waals surface area contributed by atoms with Crippen molar-refractivity contribution in [2.75, 3.05) is 11.9 Å². The van der Waals surface area contributed by atoms with Crippen molar-refractivity contribution in [2.45, 2.75) is 32.6 Å². The molecule has 1 aromatic rings. The minimum Gasteiger partial charge on any atom is -0.370 e. The maximum Gasteiger partial charge on any atom is 0.135 e. The Morgan fingerprint density at radius 2 is 2.20 bits per heavy atom. The molecule has 0 unspecified atom stereocenters. The SMILES string of the molecule is CC(C)c1nc(Cl)cc(NCC2CC2)n1. The highest BCUT2D eigenvalue weighted by atomic mass is 35.5. The molecule has 0 bridgehead atoms. The smallest absolute Gasteiger partial charge is 0.135 e. The van der Waals surface area contributed by atoms with Crippen LogP contribution in [0.1, 0.15) is 38.4 Å². The minimum atomic E-state index is 0.310. The van der Waals surface area contributed by atoms with Gasteiger partial charge in [0.1, 0.15) is 16.8 Å². The molecule has 1 aliphatic rings. The summed E-state index contributed by atoms with van der Waals surface area (Å²) < 4.78 is 0. The van der Waals surface area contributed by atoms with E-state index in [0.29, 0.717) is 11.1 Å². The van der Waals surface area contributed by atoms with E-state index in [0.717, 1.165) is 24.1 Å². The van der Waals surface area contributed by atoms with Gasteiger partial charge in [-0.25, -0.2) is 9.97 Å². The molecule has 1 aromatic heterocycles. The average molecular weight is 226 g/mol. The molecule has 3 nitrogen and oxygen atoms in total. The fraction of sp³-hybridized carbons (Fsp3) is 0.636. The number of rotatable bonds is 4. The summed E-state index contributed by atoms with van der Waals surface area (Å²) in [5.41, 5.74) is 0. The summed E-state index contributed by atoms with van der Waals surface area (Å²) in [6.45, 7) is 5.14. The monoisotopic (exact) mass is 225 g/mol. The number of nitrogens with zero attached hydrogens (tertiary/aromatic N) is 2. The van der Waals surface area contributed by atoms with Gasteiger partial charge in [0.15, 0.2) is 0 Å². The number of hydrogen-bond donors (Lipinski definition) is 1. The van der Waals surface area contributed by atoms with Crippen LogP contribution in [0.15, 0.2) is 6.07 Å². The van der Waals surface area contributed by atoms with Crippen LogP contribution in [0.4, 0.5) is 5.82 Å². The Kier molecular flexibility index (Phi) is 3.10. The molecule has 0 amide bonds. The molecule has 0 atom stereocenters. The Balaban J connectivity index is 2.07. The van der Waals surface area contributed by atoms with E-state index in [1.165, 1.54) is 12.8 Å². The first-order valence-corrected chi connectivity index (χ1v) is 5.81. The molecule has 82 valence electrons. The lowest BCUT2D eigenvalue weighted by atomic mass is 10.2. The van der Waals surface area contributed by atoms with Crippen molar-refractivity contribution in [1.82, 2.24) is 9.97 Å².